The molecular formula is C15H16O4. The van der Waals surface area contributed by atoms with E-state index >= 15 is 0 Å². The maximum Gasteiger partial charge on any atom is 0.351 e. The van der Waals surface area contributed by atoms with Crippen molar-refractivity contribution in [3.8, 4) is 11.3 Å². The zero-order valence-electron chi connectivity index (χ0n) is 11.2. The normalized spacial score (nSPS) is 10.9. The van der Waals surface area contributed by atoms with E-state index in [9.17, 15) is 9.59 Å². The van der Waals surface area contributed by atoms with Gasteiger partial charge in [0.2, 0.25) is 0 Å². The molecule has 0 bridgehead atoms. The molecule has 0 saturated heterocycles. The molecule has 1 aliphatic carbocycles. The van der Waals surface area contributed by atoms with Crippen LogP contribution in [0.1, 0.15) is 42.6 Å². The standard InChI is InChI=1S/C15H16O4/c1-4-18-14(16)13-11-8-10(9(2)3)6-5-7-12(11)19-15(13)17/h5-9H,4H2,1-3H3. The summed E-state index contributed by atoms with van der Waals surface area (Å²) in [4.78, 5) is 23.6. The second-order valence-corrected chi connectivity index (χ2v) is 4.59. The van der Waals surface area contributed by atoms with Crippen LogP contribution in [0, 0.1) is 0 Å². The van der Waals surface area contributed by atoms with E-state index in [0.717, 1.165) is 5.56 Å². The molecular weight excluding hydrogens is 244 g/mol. The van der Waals surface area contributed by atoms with Gasteiger partial charge in [-0.15, -0.1) is 0 Å². The molecule has 2 aliphatic rings. The summed E-state index contributed by atoms with van der Waals surface area (Å²) in [7, 11) is 0. The largest absolute Gasteiger partial charge is 0.462 e. The van der Waals surface area contributed by atoms with Crippen molar-refractivity contribution in [2.24, 2.45) is 0 Å². The van der Waals surface area contributed by atoms with Crippen LogP contribution in [0.4, 0.5) is 0 Å². The zero-order chi connectivity index (χ0) is 14.0. The molecule has 0 N–H and O–H groups in total. The van der Waals surface area contributed by atoms with Crippen molar-refractivity contribution in [1.29, 1.82) is 0 Å². The van der Waals surface area contributed by atoms with Gasteiger partial charge in [-0.1, -0.05) is 26.0 Å². The molecule has 0 saturated carbocycles. The molecule has 4 nitrogen and oxygen atoms in total. The molecule has 0 aromatic heterocycles. The van der Waals surface area contributed by atoms with Gasteiger partial charge in [0, 0.05) is 5.56 Å². The molecule has 1 aliphatic heterocycles. The maximum absolute atomic E-state index is 11.8. The lowest BCUT2D eigenvalue weighted by Gasteiger charge is -2.03. The number of carbonyl (C=O) groups excluding carboxylic acids is 1. The molecule has 0 amide bonds. The van der Waals surface area contributed by atoms with Crippen molar-refractivity contribution < 1.29 is 13.9 Å². The third-order valence-corrected chi connectivity index (χ3v) is 2.94. The van der Waals surface area contributed by atoms with E-state index in [4.69, 9.17) is 9.15 Å². The summed E-state index contributed by atoms with van der Waals surface area (Å²) >= 11 is 0. The molecule has 2 rings (SSSR count). The van der Waals surface area contributed by atoms with Gasteiger partial charge < -0.3 is 9.15 Å². The van der Waals surface area contributed by atoms with Crippen LogP contribution in [-0.2, 0) is 4.74 Å². The fourth-order valence-corrected chi connectivity index (χ4v) is 1.92. The van der Waals surface area contributed by atoms with E-state index in [1.807, 2.05) is 32.0 Å². The monoisotopic (exact) mass is 260 g/mol. The number of esters is 1. The molecule has 0 atom stereocenters. The van der Waals surface area contributed by atoms with Gasteiger partial charge in [0.1, 0.15) is 5.76 Å². The first-order valence-corrected chi connectivity index (χ1v) is 6.28. The smallest absolute Gasteiger partial charge is 0.351 e. The predicted octanol–water partition coefficient (Wildman–Crippen LogP) is 3.04. The molecule has 0 radical (unpaired) electrons. The van der Waals surface area contributed by atoms with E-state index in [-0.39, 0.29) is 18.1 Å². The van der Waals surface area contributed by atoms with Crippen molar-refractivity contribution >= 4 is 5.97 Å². The molecule has 100 valence electrons. The summed E-state index contributed by atoms with van der Waals surface area (Å²) in [6.07, 6.45) is 0. The highest BCUT2D eigenvalue weighted by Gasteiger charge is 2.24. The first-order chi connectivity index (χ1) is 9.04. The summed E-state index contributed by atoms with van der Waals surface area (Å²) in [5, 5.41) is 0. The molecule has 19 heavy (non-hydrogen) atoms. The second kappa shape index (κ2) is 5.26. The van der Waals surface area contributed by atoms with E-state index in [0.29, 0.717) is 11.3 Å². The Hall–Kier alpha value is -2.10. The van der Waals surface area contributed by atoms with Gasteiger partial charge in [0.25, 0.3) is 0 Å². The Bertz CT molecular complexity index is 625. The van der Waals surface area contributed by atoms with Crippen LogP contribution < -0.4 is 5.63 Å². The van der Waals surface area contributed by atoms with Gasteiger partial charge in [0.05, 0.1) is 6.61 Å². The van der Waals surface area contributed by atoms with Crippen LogP contribution in [0.5, 0.6) is 0 Å². The SMILES string of the molecule is CCOC(=O)c1c2cc(C(C)C)cccc-2oc1=O. The highest BCUT2D eigenvalue weighted by atomic mass is 16.5. The first-order valence-electron chi connectivity index (χ1n) is 6.28. The maximum atomic E-state index is 11.8. The number of hydrogen-bond acceptors (Lipinski definition) is 4. The van der Waals surface area contributed by atoms with E-state index < -0.39 is 11.6 Å². The summed E-state index contributed by atoms with van der Waals surface area (Å²) in [6, 6.07) is 7.26. The van der Waals surface area contributed by atoms with Crippen LogP contribution in [0.25, 0.3) is 11.3 Å². The Kier molecular flexibility index (Phi) is 3.69. The number of rotatable bonds is 3. The minimum atomic E-state index is -0.644. The van der Waals surface area contributed by atoms with E-state index in [1.54, 1.807) is 13.0 Å². The Morgan fingerprint density at radius 3 is 2.74 bits per heavy atom. The average molecular weight is 260 g/mol. The first kappa shape index (κ1) is 13.3. The topological polar surface area (TPSA) is 56.5 Å². The molecule has 0 unspecified atom stereocenters. The quantitative estimate of drug-likeness (QED) is 0.796. The molecule has 0 aromatic rings. The Morgan fingerprint density at radius 2 is 2.11 bits per heavy atom. The van der Waals surface area contributed by atoms with Gasteiger partial charge in [-0.05, 0) is 30.5 Å². The van der Waals surface area contributed by atoms with Gasteiger partial charge in [-0.2, -0.15) is 0 Å². The Balaban J connectivity index is 2.66. The van der Waals surface area contributed by atoms with Crippen molar-refractivity contribution in [2.75, 3.05) is 6.61 Å². The number of furan rings is 1. The number of carbonyl (C=O) groups is 1. The fraction of sp³-hybridized carbons (Fsp3) is 0.333. The molecule has 1 heterocycles. The van der Waals surface area contributed by atoms with Crippen LogP contribution in [0.15, 0.2) is 33.5 Å². The van der Waals surface area contributed by atoms with E-state index in [2.05, 4.69) is 0 Å². The molecule has 4 heteroatoms. The third kappa shape index (κ3) is 2.52. The van der Waals surface area contributed by atoms with Gasteiger partial charge in [-0.25, -0.2) is 9.59 Å². The van der Waals surface area contributed by atoms with Gasteiger partial charge in [0.15, 0.2) is 5.56 Å². The average Bonchev–Trinajstić information content (AvgIpc) is 2.52. The predicted molar refractivity (Wildman–Crippen MR) is 71.6 cm³/mol. The van der Waals surface area contributed by atoms with E-state index in [1.165, 1.54) is 0 Å². The summed E-state index contributed by atoms with van der Waals surface area (Å²) in [5.41, 5.74) is 0.878. The minimum absolute atomic E-state index is 0.0186. The lowest BCUT2D eigenvalue weighted by Crippen LogP contribution is -2.13. The molecule has 0 aromatic carbocycles. The van der Waals surface area contributed by atoms with Crippen molar-refractivity contribution in [2.45, 2.75) is 26.7 Å². The van der Waals surface area contributed by atoms with Crippen molar-refractivity contribution in [3.05, 3.63) is 45.8 Å². The number of hydrogen-bond donors (Lipinski definition) is 0. The lowest BCUT2D eigenvalue weighted by atomic mass is 10.0. The summed E-state index contributed by atoms with van der Waals surface area (Å²) in [6.45, 7) is 6.01. The van der Waals surface area contributed by atoms with Crippen LogP contribution >= 0.6 is 0 Å². The van der Waals surface area contributed by atoms with Crippen LogP contribution in [0.3, 0.4) is 0 Å². The zero-order valence-corrected chi connectivity index (χ0v) is 11.2. The van der Waals surface area contributed by atoms with Crippen molar-refractivity contribution in [1.82, 2.24) is 0 Å². The molecule has 0 fully saturated rings. The Labute approximate surface area is 111 Å². The van der Waals surface area contributed by atoms with Crippen LogP contribution in [0.2, 0.25) is 0 Å². The number of ether oxygens (including phenoxy) is 1. The Morgan fingerprint density at radius 1 is 1.37 bits per heavy atom. The van der Waals surface area contributed by atoms with Crippen LogP contribution in [-0.4, -0.2) is 12.6 Å². The van der Waals surface area contributed by atoms with Gasteiger partial charge >= 0.3 is 11.6 Å². The second-order valence-electron chi connectivity index (χ2n) is 4.59. The van der Waals surface area contributed by atoms with Gasteiger partial charge in [-0.3, -0.25) is 0 Å². The highest BCUT2D eigenvalue weighted by molar-refractivity contribution is 5.96. The number of fused-ring (bicyclic) bond motifs is 1. The fourth-order valence-electron chi connectivity index (χ4n) is 1.92. The third-order valence-electron chi connectivity index (χ3n) is 2.94. The molecule has 0 spiro atoms. The lowest BCUT2D eigenvalue weighted by molar-refractivity contribution is 0.0524. The van der Waals surface area contributed by atoms with Crippen molar-refractivity contribution in [3.63, 3.8) is 0 Å². The minimum Gasteiger partial charge on any atom is -0.462 e. The highest BCUT2D eigenvalue weighted by Crippen LogP contribution is 2.27. The summed E-state index contributed by atoms with van der Waals surface area (Å²) < 4.78 is 10.0. The summed E-state index contributed by atoms with van der Waals surface area (Å²) in [5.74, 6) is 0.0581.